The molecule has 0 saturated heterocycles. The topological polar surface area (TPSA) is 20.2 Å². The highest BCUT2D eigenvalue weighted by molar-refractivity contribution is 5.19. The van der Waals surface area contributed by atoms with E-state index in [0.29, 0.717) is 6.04 Å². The summed E-state index contributed by atoms with van der Waals surface area (Å²) in [5.74, 6) is 0. The Morgan fingerprint density at radius 2 is 1.76 bits per heavy atom. The molecule has 0 aliphatic carbocycles. The van der Waals surface area contributed by atoms with E-state index in [1.807, 2.05) is 0 Å². The second kappa shape index (κ2) is 8.01. The lowest BCUT2D eigenvalue weighted by Gasteiger charge is -2.30. The van der Waals surface area contributed by atoms with Crippen LogP contribution in [-0.2, 0) is 13.6 Å². The Morgan fingerprint density at radius 3 is 2.33 bits per heavy atom. The summed E-state index contributed by atoms with van der Waals surface area (Å²) in [5.41, 5.74) is 2.71. The van der Waals surface area contributed by atoms with E-state index in [0.717, 1.165) is 26.2 Å². The summed E-state index contributed by atoms with van der Waals surface area (Å²) < 4.78 is 2.17. The van der Waals surface area contributed by atoms with Crippen LogP contribution < -0.4 is 5.32 Å². The quantitative estimate of drug-likeness (QED) is 0.804. The molecule has 21 heavy (non-hydrogen) atoms. The van der Waals surface area contributed by atoms with Gasteiger partial charge in [0.25, 0.3) is 0 Å². The number of benzene rings is 1. The maximum absolute atomic E-state index is 3.61. The van der Waals surface area contributed by atoms with Crippen molar-refractivity contribution in [2.45, 2.75) is 26.4 Å². The fourth-order valence-corrected chi connectivity index (χ4v) is 2.81. The maximum Gasteiger partial charge on any atom is 0.0472 e. The largest absolute Gasteiger partial charge is 0.353 e. The monoisotopic (exact) mass is 285 g/mol. The van der Waals surface area contributed by atoms with Crippen LogP contribution in [0.15, 0.2) is 48.7 Å². The van der Waals surface area contributed by atoms with E-state index in [1.165, 1.54) is 11.3 Å². The number of aromatic nitrogens is 1. The SMILES string of the molecule is CCN(CC)C(CNCc1cccn1C)c1ccccc1. The number of hydrogen-bond donors (Lipinski definition) is 1. The van der Waals surface area contributed by atoms with Gasteiger partial charge in [-0.15, -0.1) is 0 Å². The van der Waals surface area contributed by atoms with Crippen LogP contribution >= 0.6 is 0 Å². The lowest BCUT2D eigenvalue weighted by Crippen LogP contribution is -2.35. The molecule has 3 heteroatoms. The molecule has 2 aromatic rings. The number of rotatable bonds is 8. The van der Waals surface area contributed by atoms with E-state index in [1.54, 1.807) is 0 Å². The molecule has 0 saturated carbocycles. The Morgan fingerprint density at radius 1 is 1.05 bits per heavy atom. The zero-order valence-electron chi connectivity index (χ0n) is 13.4. The molecular weight excluding hydrogens is 258 g/mol. The number of likely N-dealkylation sites (N-methyl/N-ethyl adjacent to an activating group) is 1. The Balaban J connectivity index is 2.01. The first kappa shape index (κ1) is 15.8. The molecule has 3 nitrogen and oxygen atoms in total. The average Bonchev–Trinajstić information content (AvgIpc) is 2.93. The van der Waals surface area contributed by atoms with E-state index in [2.05, 4.69) is 84.3 Å². The van der Waals surface area contributed by atoms with Gasteiger partial charge in [-0.3, -0.25) is 4.90 Å². The maximum atomic E-state index is 3.61. The molecule has 114 valence electrons. The third-order valence-electron chi connectivity index (χ3n) is 4.13. The summed E-state index contributed by atoms with van der Waals surface area (Å²) in [4.78, 5) is 2.51. The normalized spacial score (nSPS) is 12.8. The van der Waals surface area contributed by atoms with E-state index in [9.17, 15) is 0 Å². The van der Waals surface area contributed by atoms with Gasteiger partial charge in [-0.05, 0) is 30.8 Å². The Hall–Kier alpha value is -1.58. The van der Waals surface area contributed by atoms with E-state index >= 15 is 0 Å². The van der Waals surface area contributed by atoms with Crippen molar-refractivity contribution < 1.29 is 0 Å². The molecule has 1 heterocycles. The average molecular weight is 285 g/mol. The Bertz CT molecular complexity index is 514. The van der Waals surface area contributed by atoms with Crippen molar-refractivity contribution in [3.05, 3.63) is 59.9 Å². The highest BCUT2D eigenvalue weighted by Crippen LogP contribution is 2.19. The minimum atomic E-state index is 0.432. The van der Waals surface area contributed by atoms with Crippen LogP contribution in [0, 0.1) is 0 Å². The highest BCUT2D eigenvalue weighted by atomic mass is 15.2. The smallest absolute Gasteiger partial charge is 0.0472 e. The van der Waals surface area contributed by atoms with Gasteiger partial charge in [0.05, 0.1) is 0 Å². The molecule has 0 aliphatic rings. The van der Waals surface area contributed by atoms with Crippen molar-refractivity contribution in [3.8, 4) is 0 Å². The van der Waals surface area contributed by atoms with E-state index in [-0.39, 0.29) is 0 Å². The summed E-state index contributed by atoms with van der Waals surface area (Å²) in [6.45, 7) is 8.49. The van der Waals surface area contributed by atoms with Crippen molar-refractivity contribution in [2.24, 2.45) is 7.05 Å². The van der Waals surface area contributed by atoms with Crippen molar-refractivity contribution in [2.75, 3.05) is 19.6 Å². The summed E-state index contributed by atoms with van der Waals surface area (Å²) in [5, 5.41) is 3.61. The van der Waals surface area contributed by atoms with Gasteiger partial charge in [0.1, 0.15) is 0 Å². The van der Waals surface area contributed by atoms with Crippen LogP contribution in [0.25, 0.3) is 0 Å². The highest BCUT2D eigenvalue weighted by Gasteiger charge is 2.17. The third kappa shape index (κ3) is 4.19. The van der Waals surface area contributed by atoms with Gasteiger partial charge < -0.3 is 9.88 Å². The van der Waals surface area contributed by atoms with Gasteiger partial charge >= 0.3 is 0 Å². The first-order chi connectivity index (χ1) is 10.3. The molecule has 2 rings (SSSR count). The molecule has 0 radical (unpaired) electrons. The fourth-order valence-electron chi connectivity index (χ4n) is 2.81. The summed E-state index contributed by atoms with van der Waals surface area (Å²) >= 11 is 0. The lowest BCUT2D eigenvalue weighted by molar-refractivity contribution is 0.212. The number of hydrogen-bond acceptors (Lipinski definition) is 2. The molecule has 0 aliphatic heterocycles. The molecule has 0 bridgehead atoms. The predicted molar refractivity (Wildman–Crippen MR) is 89.2 cm³/mol. The van der Waals surface area contributed by atoms with Gasteiger partial charge in [0.15, 0.2) is 0 Å². The van der Waals surface area contributed by atoms with Crippen LogP contribution in [0.2, 0.25) is 0 Å². The van der Waals surface area contributed by atoms with Crippen molar-refractivity contribution in [1.29, 1.82) is 0 Å². The minimum Gasteiger partial charge on any atom is -0.353 e. The standard InChI is InChI=1S/C18H27N3/c1-4-21(5-2)18(16-10-7-6-8-11-16)15-19-14-17-12-9-13-20(17)3/h6-13,18-19H,4-5,14-15H2,1-3H3. The second-order valence-corrected chi connectivity index (χ2v) is 5.39. The van der Waals surface area contributed by atoms with Crippen LogP contribution in [0.3, 0.4) is 0 Å². The first-order valence-corrected chi connectivity index (χ1v) is 7.86. The van der Waals surface area contributed by atoms with Crippen molar-refractivity contribution in [3.63, 3.8) is 0 Å². The zero-order chi connectivity index (χ0) is 15.1. The summed E-state index contributed by atoms with van der Waals surface area (Å²) in [6, 6.07) is 15.5. The molecule has 1 N–H and O–H groups in total. The molecule has 1 aromatic heterocycles. The molecule has 0 fully saturated rings. The second-order valence-electron chi connectivity index (χ2n) is 5.39. The molecule has 1 atom stereocenters. The van der Waals surface area contributed by atoms with Crippen LogP contribution in [0.1, 0.15) is 31.1 Å². The number of nitrogens with zero attached hydrogens (tertiary/aromatic N) is 2. The summed E-state index contributed by atoms with van der Waals surface area (Å²) in [6.07, 6.45) is 2.09. The fraction of sp³-hybridized carbons (Fsp3) is 0.444. The van der Waals surface area contributed by atoms with Crippen molar-refractivity contribution in [1.82, 2.24) is 14.8 Å². The van der Waals surface area contributed by atoms with Crippen molar-refractivity contribution >= 4 is 0 Å². The molecule has 1 aromatic carbocycles. The van der Waals surface area contributed by atoms with Gasteiger partial charge in [-0.2, -0.15) is 0 Å². The molecule has 1 unspecified atom stereocenters. The molecule has 0 spiro atoms. The summed E-state index contributed by atoms with van der Waals surface area (Å²) in [7, 11) is 2.09. The Labute approximate surface area is 128 Å². The third-order valence-corrected chi connectivity index (χ3v) is 4.13. The van der Waals surface area contributed by atoms with Crippen LogP contribution in [0.4, 0.5) is 0 Å². The lowest BCUT2D eigenvalue weighted by atomic mass is 10.1. The van der Waals surface area contributed by atoms with Gasteiger partial charge in [-0.1, -0.05) is 44.2 Å². The van der Waals surface area contributed by atoms with Gasteiger partial charge in [0.2, 0.25) is 0 Å². The Kier molecular flexibility index (Phi) is 6.03. The molecule has 0 amide bonds. The van der Waals surface area contributed by atoms with E-state index < -0.39 is 0 Å². The van der Waals surface area contributed by atoms with E-state index in [4.69, 9.17) is 0 Å². The number of aryl methyl sites for hydroxylation is 1. The van der Waals surface area contributed by atoms with Gasteiger partial charge in [-0.25, -0.2) is 0 Å². The first-order valence-electron chi connectivity index (χ1n) is 7.86. The zero-order valence-corrected chi connectivity index (χ0v) is 13.4. The number of nitrogens with one attached hydrogen (secondary N) is 1. The predicted octanol–water partition coefficient (Wildman–Crippen LogP) is 3.20. The van der Waals surface area contributed by atoms with Gasteiger partial charge in [0, 0.05) is 38.1 Å². The molecular formula is C18H27N3. The minimum absolute atomic E-state index is 0.432. The van der Waals surface area contributed by atoms with Crippen LogP contribution in [0.5, 0.6) is 0 Å². The van der Waals surface area contributed by atoms with Crippen LogP contribution in [-0.4, -0.2) is 29.1 Å².